The molecule has 78 valence electrons. The van der Waals surface area contributed by atoms with Gasteiger partial charge in [-0.15, -0.1) is 10.2 Å². The van der Waals surface area contributed by atoms with Crippen LogP contribution < -0.4 is 0 Å². The molecular formula is C12H15N3. The summed E-state index contributed by atoms with van der Waals surface area (Å²) in [7, 11) is 0. The normalized spacial score (nSPS) is 16.5. The van der Waals surface area contributed by atoms with Crippen LogP contribution in [0.1, 0.15) is 49.9 Å². The third kappa shape index (κ3) is 1.34. The number of hydrogen-bond acceptors (Lipinski definition) is 2. The molecule has 2 heterocycles. The van der Waals surface area contributed by atoms with Gasteiger partial charge in [0.05, 0.1) is 0 Å². The maximum atomic E-state index is 4.31. The van der Waals surface area contributed by atoms with Crippen LogP contribution in [0.15, 0.2) is 18.3 Å². The summed E-state index contributed by atoms with van der Waals surface area (Å²) < 4.78 is 2.16. The third-order valence-electron chi connectivity index (χ3n) is 3.06. The van der Waals surface area contributed by atoms with Gasteiger partial charge in [-0.2, -0.15) is 0 Å². The van der Waals surface area contributed by atoms with Crippen molar-refractivity contribution in [2.24, 2.45) is 0 Å². The van der Waals surface area contributed by atoms with E-state index in [1.165, 1.54) is 18.4 Å². The van der Waals surface area contributed by atoms with E-state index in [0.29, 0.717) is 11.8 Å². The van der Waals surface area contributed by atoms with Crippen LogP contribution in [0, 0.1) is 0 Å². The van der Waals surface area contributed by atoms with Gasteiger partial charge in [0, 0.05) is 12.1 Å². The van der Waals surface area contributed by atoms with Crippen molar-refractivity contribution in [3.63, 3.8) is 0 Å². The number of fused-ring (bicyclic) bond motifs is 1. The van der Waals surface area contributed by atoms with Crippen LogP contribution in [-0.2, 0) is 0 Å². The second-order valence-corrected chi connectivity index (χ2v) is 4.64. The van der Waals surface area contributed by atoms with Crippen LogP contribution >= 0.6 is 0 Å². The summed E-state index contributed by atoms with van der Waals surface area (Å²) in [4.78, 5) is 0. The molecule has 0 aliphatic heterocycles. The standard InChI is InChI=1S/C12H15N3/c1-8(2)10-4-3-7-15-11(9-5-6-9)13-14-12(10)15/h3-4,7-9H,5-6H2,1-2H3. The smallest absolute Gasteiger partial charge is 0.164 e. The van der Waals surface area contributed by atoms with E-state index in [2.05, 4.69) is 46.8 Å². The SMILES string of the molecule is CC(C)c1cccn2c(C3CC3)nnc12. The highest BCUT2D eigenvalue weighted by atomic mass is 15.3. The first kappa shape index (κ1) is 8.89. The van der Waals surface area contributed by atoms with E-state index in [4.69, 9.17) is 0 Å². The summed E-state index contributed by atoms with van der Waals surface area (Å²) in [5.41, 5.74) is 2.33. The maximum Gasteiger partial charge on any atom is 0.164 e. The first-order valence-corrected chi connectivity index (χ1v) is 5.61. The molecule has 0 amide bonds. The van der Waals surface area contributed by atoms with Gasteiger partial charge < -0.3 is 0 Å². The Morgan fingerprint density at radius 3 is 2.80 bits per heavy atom. The Labute approximate surface area is 89.1 Å². The van der Waals surface area contributed by atoms with Gasteiger partial charge >= 0.3 is 0 Å². The van der Waals surface area contributed by atoms with E-state index in [-0.39, 0.29) is 0 Å². The van der Waals surface area contributed by atoms with Crippen LogP contribution in [0.4, 0.5) is 0 Å². The Balaban J connectivity index is 2.23. The molecule has 1 aliphatic carbocycles. The molecule has 0 atom stereocenters. The molecule has 3 nitrogen and oxygen atoms in total. The van der Waals surface area contributed by atoms with Crippen molar-refractivity contribution in [3.05, 3.63) is 29.7 Å². The minimum Gasteiger partial charge on any atom is -0.286 e. The van der Waals surface area contributed by atoms with E-state index >= 15 is 0 Å². The van der Waals surface area contributed by atoms with E-state index < -0.39 is 0 Å². The molecule has 1 saturated carbocycles. The van der Waals surface area contributed by atoms with Gasteiger partial charge in [-0.25, -0.2) is 0 Å². The molecule has 1 aliphatic rings. The molecule has 0 N–H and O–H groups in total. The highest BCUT2D eigenvalue weighted by molar-refractivity contribution is 5.49. The van der Waals surface area contributed by atoms with Crippen molar-refractivity contribution in [2.45, 2.75) is 38.5 Å². The average Bonchev–Trinajstić information content (AvgIpc) is 2.97. The second kappa shape index (κ2) is 3.05. The minimum atomic E-state index is 0.505. The van der Waals surface area contributed by atoms with E-state index in [1.807, 2.05) is 0 Å². The van der Waals surface area contributed by atoms with Crippen molar-refractivity contribution in [3.8, 4) is 0 Å². The zero-order valence-corrected chi connectivity index (χ0v) is 9.14. The summed E-state index contributed by atoms with van der Waals surface area (Å²) in [5, 5.41) is 8.63. The van der Waals surface area contributed by atoms with Crippen LogP contribution in [-0.4, -0.2) is 14.6 Å². The molecule has 0 unspecified atom stereocenters. The molecule has 0 spiro atoms. The van der Waals surface area contributed by atoms with E-state index in [1.54, 1.807) is 0 Å². The largest absolute Gasteiger partial charge is 0.286 e. The highest BCUT2D eigenvalue weighted by Crippen LogP contribution is 2.39. The van der Waals surface area contributed by atoms with Crippen LogP contribution in [0.25, 0.3) is 5.65 Å². The quantitative estimate of drug-likeness (QED) is 0.747. The van der Waals surface area contributed by atoms with Crippen molar-refractivity contribution in [2.75, 3.05) is 0 Å². The van der Waals surface area contributed by atoms with Crippen LogP contribution in [0.3, 0.4) is 0 Å². The van der Waals surface area contributed by atoms with Crippen LogP contribution in [0.2, 0.25) is 0 Å². The Morgan fingerprint density at radius 2 is 2.13 bits per heavy atom. The van der Waals surface area contributed by atoms with Gasteiger partial charge in [-0.05, 0) is 30.4 Å². The summed E-state index contributed by atoms with van der Waals surface area (Å²) in [6.45, 7) is 4.39. The molecule has 2 aromatic rings. The monoisotopic (exact) mass is 201 g/mol. The summed E-state index contributed by atoms with van der Waals surface area (Å²) in [5.74, 6) is 2.31. The molecule has 3 rings (SSSR count). The fourth-order valence-electron chi connectivity index (χ4n) is 2.03. The highest BCUT2D eigenvalue weighted by Gasteiger charge is 2.28. The Morgan fingerprint density at radius 1 is 1.33 bits per heavy atom. The molecule has 0 saturated heterocycles. The molecular weight excluding hydrogens is 186 g/mol. The fraction of sp³-hybridized carbons (Fsp3) is 0.500. The number of pyridine rings is 1. The summed E-state index contributed by atoms with van der Waals surface area (Å²) in [6.07, 6.45) is 4.62. The second-order valence-electron chi connectivity index (χ2n) is 4.64. The van der Waals surface area contributed by atoms with Gasteiger partial charge in [0.15, 0.2) is 5.65 Å². The maximum absolute atomic E-state index is 4.31. The predicted molar refractivity (Wildman–Crippen MR) is 59.1 cm³/mol. The summed E-state index contributed by atoms with van der Waals surface area (Å²) in [6, 6.07) is 4.24. The fourth-order valence-corrected chi connectivity index (χ4v) is 2.03. The third-order valence-corrected chi connectivity index (χ3v) is 3.06. The van der Waals surface area contributed by atoms with Crippen molar-refractivity contribution >= 4 is 5.65 Å². The lowest BCUT2D eigenvalue weighted by Gasteiger charge is -2.06. The molecule has 2 aromatic heterocycles. The summed E-state index contributed by atoms with van der Waals surface area (Å²) >= 11 is 0. The topological polar surface area (TPSA) is 30.2 Å². The van der Waals surface area contributed by atoms with E-state index in [0.717, 1.165) is 11.5 Å². The number of hydrogen-bond donors (Lipinski definition) is 0. The van der Waals surface area contributed by atoms with Crippen molar-refractivity contribution in [1.29, 1.82) is 0 Å². The molecule has 0 bridgehead atoms. The lowest BCUT2D eigenvalue weighted by atomic mass is 10.1. The predicted octanol–water partition coefficient (Wildman–Crippen LogP) is 2.73. The average molecular weight is 201 g/mol. The van der Waals surface area contributed by atoms with Gasteiger partial charge in [0.1, 0.15) is 5.82 Å². The molecule has 0 aromatic carbocycles. The lowest BCUT2D eigenvalue weighted by Crippen LogP contribution is -1.96. The number of aromatic nitrogens is 3. The molecule has 1 fully saturated rings. The minimum absolute atomic E-state index is 0.505. The lowest BCUT2D eigenvalue weighted by molar-refractivity contribution is 0.857. The van der Waals surface area contributed by atoms with Gasteiger partial charge in [-0.3, -0.25) is 4.40 Å². The Kier molecular flexibility index (Phi) is 1.81. The first-order valence-electron chi connectivity index (χ1n) is 5.61. The molecule has 15 heavy (non-hydrogen) atoms. The molecule has 0 radical (unpaired) electrons. The molecule has 3 heteroatoms. The van der Waals surface area contributed by atoms with Crippen molar-refractivity contribution in [1.82, 2.24) is 14.6 Å². The Hall–Kier alpha value is -1.38. The van der Waals surface area contributed by atoms with Crippen LogP contribution in [0.5, 0.6) is 0 Å². The van der Waals surface area contributed by atoms with Gasteiger partial charge in [0.2, 0.25) is 0 Å². The number of rotatable bonds is 2. The number of nitrogens with zero attached hydrogens (tertiary/aromatic N) is 3. The zero-order chi connectivity index (χ0) is 10.4. The van der Waals surface area contributed by atoms with Gasteiger partial charge in [-0.1, -0.05) is 19.9 Å². The Bertz CT molecular complexity index is 495. The van der Waals surface area contributed by atoms with Gasteiger partial charge in [0.25, 0.3) is 0 Å². The zero-order valence-electron chi connectivity index (χ0n) is 9.14. The van der Waals surface area contributed by atoms with Crippen molar-refractivity contribution < 1.29 is 0 Å². The van der Waals surface area contributed by atoms with E-state index in [9.17, 15) is 0 Å². The first-order chi connectivity index (χ1) is 7.27.